The molecule has 0 radical (unpaired) electrons. The highest BCUT2D eigenvalue weighted by atomic mass is 32.2. The van der Waals surface area contributed by atoms with Gasteiger partial charge in [0.05, 0.1) is 11.1 Å². The normalized spacial score (nSPS) is 11.9. The van der Waals surface area contributed by atoms with Gasteiger partial charge >= 0.3 is 11.9 Å². The average Bonchev–Trinajstić information content (AvgIpc) is 3.10. The summed E-state index contributed by atoms with van der Waals surface area (Å²) in [6.45, 7) is 4.41. The van der Waals surface area contributed by atoms with Crippen LogP contribution in [0.1, 0.15) is 202 Å². The molecule has 0 aliphatic carbocycles. The number of hydrogen-bond donors (Lipinski definition) is 1. The fourth-order valence-electron chi connectivity index (χ4n) is 6.10. The first-order chi connectivity index (χ1) is 24.3. The molecule has 0 fully saturated rings. The summed E-state index contributed by atoms with van der Waals surface area (Å²) < 4.78 is 44.4. The molecule has 0 aromatic heterocycles. The van der Waals surface area contributed by atoms with Crippen LogP contribution in [0.4, 0.5) is 0 Å². The van der Waals surface area contributed by atoms with Gasteiger partial charge in [0.15, 0.2) is 0 Å². The Balaban J connectivity index is 2.35. The van der Waals surface area contributed by atoms with Crippen LogP contribution in [0.15, 0.2) is 47.4 Å². The number of hydrogen-bond acceptors (Lipinski definition) is 6. The van der Waals surface area contributed by atoms with Crippen molar-refractivity contribution in [2.45, 2.75) is 186 Å². The van der Waals surface area contributed by atoms with Crippen LogP contribution in [0.2, 0.25) is 0 Å². The van der Waals surface area contributed by atoms with Gasteiger partial charge in [-0.1, -0.05) is 185 Å². The maximum absolute atomic E-state index is 13.0. The van der Waals surface area contributed by atoms with E-state index in [1.165, 1.54) is 147 Å². The zero-order valence-electron chi connectivity index (χ0n) is 31.6. The lowest BCUT2D eigenvalue weighted by Crippen LogP contribution is -2.18. The predicted octanol–water partition coefficient (Wildman–Crippen LogP) is 12.5. The van der Waals surface area contributed by atoms with Gasteiger partial charge in [0.1, 0.15) is 18.1 Å². The molecule has 0 atom stereocenters. The lowest BCUT2D eigenvalue weighted by Gasteiger charge is -2.11. The van der Waals surface area contributed by atoms with Crippen molar-refractivity contribution in [2.75, 3.05) is 13.2 Å². The number of benzene rings is 1. The minimum Gasteiger partial charge on any atom is -0.458 e. The average molecular weight is 719 g/mol. The maximum Gasteiger partial charge on any atom is 0.340 e. The standard InChI is InChI=1S/C42H70O7S/c1-3-5-7-9-11-13-15-17-19-21-23-25-27-29-31-36-48-41(43)38-34-33-35-39(50(45,46)47)40(38)42(44)49-37-32-30-28-26-24-22-20-18-16-14-12-10-8-6-4-2/h29-35H,3-28,36-37H2,1-2H3,(H,45,46,47)/b31-29+,32-30+. The Morgan fingerprint density at radius 3 is 1.28 bits per heavy atom. The van der Waals surface area contributed by atoms with Gasteiger partial charge in [-0.25, -0.2) is 9.59 Å². The van der Waals surface area contributed by atoms with E-state index in [1.807, 2.05) is 12.2 Å². The molecule has 1 rings (SSSR count). The van der Waals surface area contributed by atoms with Crippen LogP contribution in [0.3, 0.4) is 0 Å². The molecule has 0 spiro atoms. The zero-order chi connectivity index (χ0) is 36.5. The fraction of sp³-hybridized carbons (Fsp3) is 0.714. The van der Waals surface area contributed by atoms with Crippen molar-refractivity contribution >= 4 is 22.1 Å². The number of unbranched alkanes of at least 4 members (excludes halogenated alkanes) is 24. The molecular formula is C42H70O7S. The molecule has 7 nitrogen and oxygen atoms in total. The molecule has 1 N–H and O–H groups in total. The molecule has 1 aromatic rings. The Kier molecular flexibility index (Phi) is 28.5. The van der Waals surface area contributed by atoms with Crippen molar-refractivity contribution in [3.8, 4) is 0 Å². The van der Waals surface area contributed by atoms with Crippen molar-refractivity contribution in [1.82, 2.24) is 0 Å². The first-order valence-electron chi connectivity index (χ1n) is 20.1. The summed E-state index contributed by atoms with van der Waals surface area (Å²) in [5.74, 6) is -1.87. The van der Waals surface area contributed by atoms with Crippen LogP contribution in [0.5, 0.6) is 0 Å². The second kappa shape index (κ2) is 31.3. The molecule has 286 valence electrons. The fourth-order valence-corrected chi connectivity index (χ4v) is 6.80. The Bertz CT molecular complexity index is 1170. The number of rotatable bonds is 33. The SMILES string of the molecule is CCCCCCCCCCCCCC/C=C/COC(=O)c1cccc(S(=O)(=O)O)c1C(=O)OC/C=C/CCCCCCCCCCCCCC. The summed E-state index contributed by atoms with van der Waals surface area (Å²) in [5, 5.41) is 0. The Hall–Kier alpha value is -2.45. The first-order valence-corrected chi connectivity index (χ1v) is 21.5. The Morgan fingerprint density at radius 2 is 0.900 bits per heavy atom. The van der Waals surface area contributed by atoms with Gasteiger partial charge in [-0.05, 0) is 37.8 Å². The third kappa shape index (κ3) is 23.9. The second-order valence-electron chi connectivity index (χ2n) is 13.6. The van der Waals surface area contributed by atoms with Crippen molar-refractivity contribution in [2.24, 2.45) is 0 Å². The van der Waals surface area contributed by atoms with Crippen LogP contribution >= 0.6 is 0 Å². The Labute approximate surface area is 305 Å². The van der Waals surface area contributed by atoms with E-state index in [0.717, 1.165) is 38.2 Å². The number of carbonyl (C=O) groups is 2. The first kappa shape index (κ1) is 45.6. The highest BCUT2D eigenvalue weighted by molar-refractivity contribution is 7.86. The highest BCUT2D eigenvalue weighted by Crippen LogP contribution is 2.22. The molecule has 0 unspecified atom stereocenters. The molecule has 0 heterocycles. The summed E-state index contributed by atoms with van der Waals surface area (Å²) in [6.07, 6.45) is 40.1. The lowest BCUT2D eigenvalue weighted by atomic mass is 10.0. The number of carbonyl (C=O) groups excluding carboxylic acids is 2. The van der Waals surface area contributed by atoms with Crippen molar-refractivity contribution in [3.05, 3.63) is 53.6 Å². The van der Waals surface area contributed by atoms with Crippen LogP contribution < -0.4 is 0 Å². The number of esters is 2. The largest absolute Gasteiger partial charge is 0.458 e. The van der Waals surface area contributed by atoms with Gasteiger partial charge in [-0.3, -0.25) is 4.55 Å². The van der Waals surface area contributed by atoms with E-state index in [9.17, 15) is 22.6 Å². The summed E-state index contributed by atoms with van der Waals surface area (Å²) in [4.78, 5) is 25.1. The Morgan fingerprint density at radius 1 is 0.540 bits per heavy atom. The van der Waals surface area contributed by atoms with E-state index in [0.29, 0.717) is 0 Å². The third-order valence-electron chi connectivity index (χ3n) is 9.13. The molecule has 0 saturated heterocycles. The van der Waals surface area contributed by atoms with E-state index in [-0.39, 0.29) is 18.8 Å². The van der Waals surface area contributed by atoms with Gasteiger partial charge < -0.3 is 9.47 Å². The minimum absolute atomic E-state index is 0.0104. The highest BCUT2D eigenvalue weighted by Gasteiger charge is 2.28. The van der Waals surface area contributed by atoms with E-state index >= 15 is 0 Å². The second-order valence-corrected chi connectivity index (χ2v) is 15.0. The van der Waals surface area contributed by atoms with Crippen LogP contribution in [0.25, 0.3) is 0 Å². The monoisotopic (exact) mass is 718 g/mol. The molecule has 1 aromatic carbocycles. The summed E-state index contributed by atoms with van der Waals surface area (Å²) in [6, 6.07) is 3.66. The molecule has 0 amide bonds. The van der Waals surface area contributed by atoms with Gasteiger partial charge in [0, 0.05) is 0 Å². The molecule has 0 saturated carbocycles. The number of allylic oxidation sites excluding steroid dienone is 2. The molecule has 0 aliphatic heterocycles. The van der Waals surface area contributed by atoms with E-state index in [2.05, 4.69) is 13.8 Å². The molecule has 50 heavy (non-hydrogen) atoms. The van der Waals surface area contributed by atoms with Gasteiger partial charge in [0.2, 0.25) is 0 Å². The molecule has 0 aliphatic rings. The predicted molar refractivity (Wildman–Crippen MR) is 206 cm³/mol. The summed E-state index contributed by atoms with van der Waals surface area (Å²) in [7, 11) is -4.79. The quantitative estimate of drug-likeness (QED) is 0.0333. The molecule has 8 heteroatoms. The topological polar surface area (TPSA) is 107 Å². The maximum atomic E-state index is 13.0. The smallest absolute Gasteiger partial charge is 0.340 e. The van der Waals surface area contributed by atoms with Crippen LogP contribution in [-0.4, -0.2) is 38.1 Å². The zero-order valence-corrected chi connectivity index (χ0v) is 32.5. The van der Waals surface area contributed by atoms with Gasteiger partial charge in [0.25, 0.3) is 10.1 Å². The van der Waals surface area contributed by atoms with Crippen molar-refractivity contribution in [3.63, 3.8) is 0 Å². The van der Waals surface area contributed by atoms with Gasteiger partial charge in [-0.15, -0.1) is 0 Å². The van der Waals surface area contributed by atoms with Crippen LogP contribution in [-0.2, 0) is 19.6 Å². The van der Waals surface area contributed by atoms with Crippen molar-refractivity contribution in [1.29, 1.82) is 0 Å². The summed E-state index contributed by atoms with van der Waals surface area (Å²) in [5.41, 5.74) is -0.783. The molecule has 0 bridgehead atoms. The lowest BCUT2D eigenvalue weighted by molar-refractivity contribution is 0.0499. The van der Waals surface area contributed by atoms with Crippen molar-refractivity contribution < 1.29 is 32.0 Å². The van der Waals surface area contributed by atoms with Gasteiger partial charge in [-0.2, -0.15) is 8.42 Å². The van der Waals surface area contributed by atoms with E-state index in [1.54, 1.807) is 12.2 Å². The minimum atomic E-state index is -4.79. The van der Waals surface area contributed by atoms with Crippen LogP contribution in [0, 0.1) is 0 Å². The number of ether oxygens (including phenoxy) is 2. The van der Waals surface area contributed by atoms with E-state index in [4.69, 9.17) is 9.47 Å². The summed E-state index contributed by atoms with van der Waals surface area (Å²) >= 11 is 0. The molecular weight excluding hydrogens is 649 g/mol. The van der Waals surface area contributed by atoms with E-state index < -0.39 is 32.5 Å². The third-order valence-corrected chi connectivity index (χ3v) is 10.0.